The first-order valence-electron chi connectivity index (χ1n) is 7.03. The summed E-state index contributed by atoms with van der Waals surface area (Å²) in [7, 11) is 0. The second kappa shape index (κ2) is 5.96. The predicted octanol–water partition coefficient (Wildman–Crippen LogP) is 2.90. The third-order valence-electron chi connectivity index (χ3n) is 3.81. The van der Waals surface area contributed by atoms with E-state index >= 15 is 0 Å². The van der Waals surface area contributed by atoms with E-state index in [2.05, 4.69) is 20.0 Å². The second-order valence-corrected chi connectivity index (χ2v) is 6.67. The van der Waals surface area contributed by atoms with Crippen molar-refractivity contribution in [2.45, 2.75) is 38.5 Å². The number of piperidine rings is 1. The third kappa shape index (κ3) is 3.30. The summed E-state index contributed by atoms with van der Waals surface area (Å²) in [6.45, 7) is 3.42. The maximum Gasteiger partial charge on any atom is 0.434 e. The van der Waals surface area contributed by atoms with Gasteiger partial charge in [0.15, 0.2) is 5.69 Å². The molecule has 3 rings (SSSR count). The molecule has 3 heterocycles. The Labute approximate surface area is 129 Å². The number of nitrogens with zero attached hydrogens (tertiary/aromatic N) is 5. The van der Waals surface area contributed by atoms with Crippen molar-refractivity contribution in [2.24, 2.45) is 0 Å². The summed E-state index contributed by atoms with van der Waals surface area (Å²) < 4.78 is 40.7. The van der Waals surface area contributed by atoms with E-state index in [1.54, 1.807) is 13.3 Å². The number of rotatable bonds is 3. The van der Waals surface area contributed by atoms with Crippen LogP contribution in [0.15, 0.2) is 12.7 Å². The van der Waals surface area contributed by atoms with Crippen molar-refractivity contribution in [3.8, 4) is 0 Å². The van der Waals surface area contributed by atoms with Gasteiger partial charge in [0.1, 0.15) is 12.7 Å². The predicted molar refractivity (Wildman–Crippen MR) is 75.4 cm³/mol. The topological polar surface area (TPSA) is 46.8 Å². The molecule has 0 unspecified atom stereocenters. The summed E-state index contributed by atoms with van der Waals surface area (Å²) in [5.74, 6) is 0. The van der Waals surface area contributed by atoms with Crippen molar-refractivity contribution in [1.29, 1.82) is 0 Å². The minimum absolute atomic E-state index is 0.282. The summed E-state index contributed by atoms with van der Waals surface area (Å²) in [6, 6.07) is 0.282. The first kappa shape index (κ1) is 15.4. The molecule has 120 valence electrons. The fourth-order valence-corrected chi connectivity index (χ4v) is 3.75. The molecule has 0 bridgehead atoms. The molecule has 9 heteroatoms. The van der Waals surface area contributed by atoms with Gasteiger partial charge < -0.3 is 0 Å². The molecule has 1 aliphatic heterocycles. The number of thiazole rings is 1. The monoisotopic (exact) mass is 331 g/mol. The van der Waals surface area contributed by atoms with Crippen LogP contribution in [0.2, 0.25) is 0 Å². The third-order valence-corrected chi connectivity index (χ3v) is 4.76. The van der Waals surface area contributed by atoms with E-state index in [1.165, 1.54) is 6.33 Å². The van der Waals surface area contributed by atoms with Crippen molar-refractivity contribution in [1.82, 2.24) is 24.6 Å². The molecule has 2 aromatic rings. The maximum atomic E-state index is 13.0. The van der Waals surface area contributed by atoms with E-state index in [9.17, 15) is 13.2 Å². The SMILES string of the molecule is Cc1nc(C(F)(F)F)c(CN2CCC(n3cncn3)CC2)s1. The molecular formula is C13H16F3N5S. The summed E-state index contributed by atoms with van der Waals surface area (Å²) in [5.41, 5.74) is -0.728. The fourth-order valence-electron chi connectivity index (χ4n) is 2.75. The molecule has 22 heavy (non-hydrogen) atoms. The molecular weight excluding hydrogens is 315 g/mol. The average molecular weight is 331 g/mol. The van der Waals surface area contributed by atoms with Crippen molar-refractivity contribution in [3.63, 3.8) is 0 Å². The average Bonchev–Trinajstić information content (AvgIpc) is 3.09. The van der Waals surface area contributed by atoms with E-state index in [-0.39, 0.29) is 6.04 Å². The van der Waals surface area contributed by atoms with Gasteiger partial charge in [-0.25, -0.2) is 14.6 Å². The Morgan fingerprint density at radius 3 is 2.64 bits per heavy atom. The fraction of sp³-hybridized carbons (Fsp3) is 0.615. The van der Waals surface area contributed by atoms with Gasteiger partial charge in [0.05, 0.1) is 15.9 Å². The zero-order valence-corrected chi connectivity index (χ0v) is 12.9. The number of alkyl halides is 3. The molecule has 5 nitrogen and oxygen atoms in total. The number of aromatic nitrogens is 4. The largest absolute Gasteiger partial charge is 0.434 e. The molecule has 1 fully saturated rings. The molecule has 0 radical (unpaired) electrons. The molecule has 0 aliphatic carbocycles. The van der Waals surface area contributed by atoms with Crippen LogP contribution in [0, 0.1) is 6.92 Å². The molecule has 0 amide bonds. The van der Waals surface area contributed by atoms with Crippen molar-refractivity contribution >= 4 is 11.3 Å². The van der Waals surface area contributed by atoms with Gasteiger partial charge in [-0.2, -0.15) is 18.3 Å². The number of aryl methyl sites for hydroxylation is 1. The molecule has 0 aromatic carbocycles. The maximum absolute atomic E-state index is 13.0. The summed E-state index contributed by atoms with van der Waals surface area (Å²) >= 11 is 1.13. The number of hydrogen-bond donors (Lipinski definition) is 0. The molecule has 1 aliphatic rings. The van der Waals surface area contributed by atoms with Crippen LogP contribution in [0.1, 0.15) is 34.5 Å². The van der Waals surface area contributed by atoms with Gasteiger partial charge in [0.2, 0.25) is 0 Å². The van der Waals surface area contributed by atoms with Crippen molar-refractivity contribution in [2.75, 3.05) is 13.1 Å². The van der Waals surface area contributed by atoms with Crippen LogP contribution >= 0.6 is 11.3 Å². The molecule has 0 atom stereocenters. The van der Waals surface area contributed by atoms with Gasteiger partial charge >= 0.3 is 6.18 Å². The van der Waals surface area contributed by atoms with Crippen LogP contribution in [0.4, 0.5) is 13.2 Å². The van der Waals surface area contributed by atoms with Crippen LogP contribution in [-0.2, 0) is 12.7 Å². The van der Waals surface area contributed by atoms with Gasteiger partial charge in [-0.1, -0.05) is 0 Å². The highest BCUT2D eigenvalue weighted by atomic mass is 32.1. The highest BCUT2D eigenvalue weighted by molar-refractivity contribution is 7.11. The second-order valence-electron chi connectivity index (χ2n) is 5.39. The first-order valence-corrected chi connectivity index (χ1v) is 7.85. The standard InChI is InChI=1S/C13H16F3N5S/c1-9-19-12(13(14,15)16)11(22-9)6-20-4-2-10(3-5-20)21-8-17-7-18-21/h7-8,10H,2-6H2,1H3. The Morgan fingerprint density at radius 1 is 1.32 bits per heavy atom. The number of likely N-dealkylation sites (tertiary alicyclic amines) is 1. The highest BCUT2D eigenvalue weighted by Crippen LogP contribution is 2.35. The van der Waals surface area contributed by atoms with E-state index in [0.717, 1.165) is 37.3 Å². The van der Waals surface area contributed by atoms with Crippen molar-refractivity contribution < 1.29 is 13.2 Å². The Balaban J connectivity index is 1.64. The molecule has 0 saturated carbocycles. The lowest BCUT2D eigenvalue weighted by atomic mass is 10.1. The van der Waals surface area contributed by atoms with E-state index < -0.39 is 11.9 Å². The summed E-state index contributed by atoms with van der Waals surface area (Å²) in [4.78, 5) is 9.94. The highest BCUT2D eigenvalue weighted by Gasteiger charge is 2.37. The Hall–Kier alpha value is -1.48. The van der Waals surface area contributed by atoms with Gasteiger partial charge in [-0.3, -0.25) is 4.90 Å². The van der Waals surface area contributed by atoms with Crippen LogP contribution in [-0.4, -0.2) is 37.7 Å². The quantitative estimate of drug-likeness (QED) is 0.868. The first-order chi connectivity index (χ1) is 10.4. The number of halogens is 3. The number of hydrogen-bond acceptors (Lipinski definition) is 5. The van der Waals surface area contributed by atoms with Crippen molar-refractivity contribution in [3.05, 3.63) is 28.2 Å². The van der Waals surface area contributed by atoms with Gasteiger partial charge in [0, 0.05) is 19.6 Å². The lowest BCUT2D eigenvalue weighted by molar-refractivity contribution is -0.141. The van der Waals surface area contributed by atoms with Crippen LogP contribution in [0.3, 0.4) is 0 Å². The lowest BCUT2D eigenvalue weighted by Crippen LogP contribution is -2.34. The van der Waals surface area contributed by atoms with Crippen LogP contribution < -0.4 is 0 Å². The van der Waals surface area contributed by atoms with E-state index in [0.29, 0.717) is 16.4 Å². The Morgan fingerprint density at radius 2 is 2.05 bits per heavy atom. The summed E-state index contributed by atoms with van der Waals surface area (Å²) in [6.07, 6.45) is 0.543. The lowest BCUT2D eigenvalue weighted by Gasteiger charge is -2.31. The zero-order chi connectivity index (χ0) is 15.7. The van der Waals surface area contributed by atoms with E-state index in [1.807, 2.05) is 4.68 Å². The smallest absolute Gasteiger partial charge is 0.298 e. The zero-order valence-electron chi connectivity index (χ0n) is 12.0. The Kier molecular flexibility index (Phi) is 4.18. The minimum atomic E-state index is -4.38. The summed E-state index contributed by atoms with van der Waals surface area (Å²) in [5, 5.41) is 4.59. The molecule has 0 spiro atoms. The Bertz CT molecular complexity index is 614. The van der Waals surface area contributed by atoms with Gasteiger partial charge in [-0.05, 0) is 19.8 Å². The molecule has 1 saturated heterocycles. The molecule has 2 aromatic heterocycles. The van der Waals surface area contributed by atoms with E-state index in [4.69, 9.17) is 0 Å². The minimum Gasteiger partial charge on any atom is -0.298 e. The van der Waals surface area contributed by atoms with Gasteiger partial charge in [-0.15, -0.1) is 11.3 Å². The van der Waals surface area contributed by atoms with Crippen LogP contribution in [0.5, 0.6) is 0 Å². The van der Waals surface area contributed by atoms with Crippen LogP contribution in [0.25, 0.3) is 0 Å². The molecule has 0 N–H and O–H groups in total. The normalized spacial score (nSPS) is 18.0. The van der Waals surface area contributed by atoms with Gasteiger partial charge in [0.25, 0.3) is 0 Å².